The van der Waals surface area contributed by atoms with Gasteiger partial charge in [-0.05, 0) is 20.8 Å². The largest absolute Gasteiger partial charge is 0.459 e. The molecule has 0 rings (SSSR count). The van der Waals surface area contributed by atoms with E-state index in [4.69, 9.17) is 0 Å². The molecule has 0 aromatic heterocycles. The van der Waals surface area contributed by atoms with Gasteiger partial charge in [-0.15, -0.1) is 0 Å². The molecule has 0 aliphatic rings. The minimum atomic E-state index is -4.75. The van der Waals surface area contributed by atoms with Crippen molar-refractivity contribution in [2.75, 3.05) is 0 Å². The molecule has 6 heteroatoms. The van der Waals surface area contributed by atoms with Gasteiger partial charge >= 0.3 is 12.1 Å². The molecule has 0 fully saturated rings. The summed E-state index contributed by atoms with van der Waals surface area (Å²) in [6.45, 7) is 4.40. The highest BCUT2D eigenvalue weighted by Gasteiger charge is 2.44. The minimum Gasteiger partial charge on any atom is -0.459 e. The van der Waals surface area contributed by atoms with E-state index < -0.39 is 23.8 Å². The van der Waals surface area contributed by atoms with Crippen LogP contribution in [-0.2, 0) is 9.53 Å². The summed E-state index contributed by atoms with van der Waals surface area (Å²) < 4.78 is 40.0. The third-order valence-corrected chi connectivity index (χ3v) is 1.01. The Labute approximate surface area is 74.0 Å². The lowest BCUT2D eigenvalue weighted by Crippen LogP contribution is -2.47. The van der Waals surface area contributed by atoms with Crippen molar-refractivity contribution >= 4 is 5.97 Å². The quantitative estimate of drug-likeness (QED) is 0.646. The molecule has 0 radical (unpaired) electrons. The topological polar surface area (TPSA) is 52.3 Å². The van der Waals surface area contributed by atoms with Crippen LogP contribution in [-0.4, -0.2) is 23.8 Å². The van der Waals surface area contributed by atoms with Crippen LogP contribution in [0.15, 0.2) is 0 Å². The molecule has 0 aromatic carbocycles. The van der Waals surface area contributed by atoms with Crippen LogP contribution in [0.3, 0.4) is 0 Å². The summed E-state index contributed by atoms with van der Waals surface area (Å²) in [5.41, 5.74) is 3.64. The first-order chi connectivity index (χ1) is 5.54. The van der Waals surface area contributed by atoms with Crippen LogP contribution in [0.5, 0.6) is 0 Å². The summed E-state index contributed by atoms with van der Waals surface area (Å²) in [5.74, 6) is -1.46. The second-order valence-corrected chi connectivity index (χ2v) is 3.55. The van der Waals surface area contributed by atoms with E-state index in [2.05, 4.69) is 10.5 Å². The maximum absolute atomic E-state index is 11.8. The lowest BCUT2D eigenvalue weighted by Gasteiger charge is -2.22. The second-order valence-electron chi connectivity index (χ2n) is 3.55. The lowest BCUT2D eigenvalue weighted by molar-refractivity contribution is -0.187. The van der Waals surface area contributed by atoms with Gasteiger partial charge in [0.15, 0.2) is 6.04 Å². The summed E-state index contributed by atoms with van der Waals surface area (Å²) in [6, 6.07) is -2.56. The van der Waals surface area contributed by atoms with E-state index >= 15 is 0 Å². The van der Waals surface area contributed by atoms with Crippen molar-refractivity contribution in [1.29, 1.82) is 0 Å². The van der Waals surface area contributed by atoms with Crippen molar-refractivity contribution in [3.05, 3.63) is 0 Å². The van der Waals surface area contributed by atoms with Gasteiger partial charge in [-0.3, -0.25) is 0 Å². The molecule has 0 spiro atoms. The molecule has 3 nitrogen and oxygen atoms in total. The molecular weight excluding hydrogens is 187 g/mol. The fourth-order valence-electron chi connectivity index (χ4n) is 0.499. The lowest BCUT2D eigenvalue weighted by atomic mass is 10.2. The van der Waals surface area contributed by atoms with Crippen LogP contribution in [0.25, 0.3) is 0 Å². The molecule has 0 saturated heterocycles. The summed E-state index contributed by atoms with van der Waals surface area (Å²) in [4.78, 5) is 10.7. The number of hydrogen-bond donors (Lipinski definition) is 1. The third kappa shape index (κ3) is 4.72. The van der Waals surface area contributed by atoms with E-state index in [1.165, 1.54) is 20.8 Å². The van der Waals surface area contributed by atoms with Crippen molar-refractivity contribution in [2.45, 2.75) is 38.6 Å². The van der Waals surface area contributed by atoms with Crippen LogP contribution in [0.4, 0.5) is 13.2 Å². The van der Waals surface area contributed by atoms with Crippen molar-refractivity contribution in [1.82, 2.24) is 0 Å². The number of alkyl halides is 3. The van der Waals surface area contributed by atoms with Crippen LogP contribution in [0, 0.1) is 0 Å². The van der Waals surface area contributed by atoms with Gasteiger partial charge in [0.1, 0.15) is 5.60 Å². The minimum absolute atomic E-state index is 0.958. The van der Waals surface area contributed by atoms with Crippen LogP contribution in [0.1, 0.15) is 20.8 Å². The van der Waals surface area contributed by atoms with E-state index in [-0.39, 0.29) is 0 Å². The first-order valence-corrected chi connectivity index (χ1v) is 3.59. The SMILES string of the molecule is CC(C)(C)OC(=O)[C@H](N)C(F)(F)F. The van der Waals surface area contributed by atoms with Gasteiger partial charge in [-0.25, -0.2) is 4.79 Å². The van der Waals surface area contributed by atoms with Crippen LogP contribution in [0.2, 0.25) is 0 Å². The number of halogens is 3. The average Bonchev–Trinajstić information content (AvgIpc) is 1.79. The highest BCUT2D eigenvalue weighted by atomic mass is 19.4. The molecule has 0 heterocycles. The highest BCUT2D eigenvalue weighted by molar-refractivity contribution is 5.76. The molecule has 0 aliphatic heterocycles. The van der Waals surface area contributed by atoms with Crippen LogP contribution >= 0.6 is 0 Å². The van der Waals surface area contributed by atoms with Crippen molar-refractivity contribution < 1.29 is 22.7 Å². The Bertz CT molecular complexity index is 195. The Kier molecular flexibility index (Phi) is 3.32. The molecule has 1 atom stereocenters. The van der Waals surface area contributed by atoms with E-state index in [1.54, 1.807) is 0 Å². The van der Waals surface area contributed by atoms with Crippen molar-refractivity contribution in [3.63, 3.8) is 0 Å². The summed E-state index contributed by atoms with van der Waals surface area (Å²) in [5, 5.41) is 0. The molecule has 0 unspecified atom stereocenters. The molecule has 0 aliphatic carbocycles. The molecular formula is C7H12F3NO2. The van der Waals surface area contributed by atoms with E-state index in [1.807, 2.05) is 0 Å². The fraction of sp³-hybridized carbons (Fsp3) is 0.857. The molecule has 13 heavy (non-hydrogen) atoms. The zero-order valence-corrected chi connectivity index (χ0v) is 7.61. The Balaban J connectivity index is 4.30. The first-order valence-electron chi connectivity index (χ1n) is 3.59. The summed E-state index contributed by atoms with van der Waals surface area (Å²) in [7, 11) is 0. The second kappa shape index (κ2) is 3.53. The van der Waals surface area contributed by atoms with Gasteiger partial charge in [0.25, 0.3) is 0 Å². The zero-order valence-electron chi connectivity index (χ0n) is 7.61. The number of ether oxygens (including phenoxy) is 1. The van der Waals surface area contributed by atoms with Crippen molar-refractivity contribution in [3.8, 4) is 0 Å². The number of hydrogen-bond acceptors (Lipinski definition) is 3. The van der Waals surface area contributed by atoms with Gasteiger partial charge in [0, 0.05) is 0 Å². The first kappa shape index (κ1) is 12.2. The van der Waals surface area contributed by atoms with Gasteiger partial charge in [-0.2, -0.15) is 13.2 Å². The predicted octanol–water partition coefficient (Wildman–Crippen LogP) is 1.22. The Morgan fingerprint density at radius 2 is 1.69 bits per heavy atom. The standard InChI is InChI=1S/C7H12F3NO2/c1-6(2,3)13-5(12)4(11)7(8,9)10/h4H,11H2,1-3H3/t4-/m0/s1. The number of esters is 1. The molecule has 0 amide bonds. The Hall–Kier alpha value is -0.780. The maximum atomic E-state index is 11.8. The number of rotatable bonds is 1. The van der Waals surface area contributed by atoms with Gasteiger partial charge in [0.2, 0.25) is 0 Å². The normalized spacial score (nSPS) is 15.3. The number of nitrogens with two attached hydrogens (primary N) is 1. The zero-order chi connectivity index (χ0) is 10.9. The van der Waals surface area contributed by atoms with E-state index in [9.17, 15) is 18.0 Å². The highest BCUT2D eigenvalue weighted by Crippen LogP contribution is 2.21. The van der Waals surface area contributed by atoms with Gasteiger partial charge < -0.3 is 10.5 Å². The molecule has 2 N–H and O–H groups in total. The van der Waals surface area contributed by atoms with Crippen molar-refractivity contribution in [2.24, 2.45) is 5.73 Å². The smallest absolute Gasteiger partial charge is 0.414 e. The predicted molar refractivity (Wildman–Crippen MR) is 39.9 cm³/mol. The molecule has 0 aromatic rings. The number of carbonyl (C=O) groups excluding carboxylic acids is 1. The summed E-state index contributed by atoms with van der Waals surface area (Å²) in [6.07, 6.45) is -4.75. The van der Waals surface area contributed by atoms with Crippen LogP contribution < -0.4 is 5.73 Å². The molecule has 0 bridgehead atoms. The maximum Gasteiger partial charge on any atom is 0.414 e. The van der Waals surface area contributed by atoms with E-state index in [0.717, 1.165) is 0 Å². The molecule has 78 valence electrons. The monoisotopic (exact) mass is 199 g/mol. The van der Waals surface area contributed by atoms with E-state index in [0.29, 0.717) is 0 Å². The fourth-order valence-corrected chi connectivity index (χ4v) is 0.499. The van der Waals surface area contributed by atoms with Gasteiger partial charge in [-0.1, -0.05) is 0 Å². The third-order valence-electron chi connectivity index (χ3n) is 1.01. The Morgan fingerprint density at radius 1 is 1.31 bits per heavy atom. The average molecular weight is 199 g/mol. The molecule has 0 saturated carbocycles. The Morgan fingerprint density at radius 3 is 1.92 bits per heavy atom. The summed E-state index contributed by atoms with van der Waals surface area (Å²) >= 11 is 0. The van der Waals surface area contributed by atoms with Gasteiger partial charge in [0.05, 0.1) is 0 Å². The number of carbonyl (C=O) groups is 1.